The summed E-state index contributed by atoms with van der Waals surface area (Å²) in [6.07, 6.45) is 3.12. The molecule has 4 aromatic rings. The van der Waals surface area contributed by atoms with Crippen LogP contribution in [0.3, 0.4) is 0 Å². The van der Waals surface area contributed by atoms with Gasteiger partial charge in [0.25, 0.3) is 10.0 Å². The van der Waals surface area contributed by atoms with Crippen molar-refractivity contribution in [2.24, 2.45) is 0 Å². The van der Waals surface area contributed by atoms with Gasteiger partial charge >= 0.3 is 0 Å². The summed E-state index contributed by atoms with van der Waals surface area (Å²) in [5, 5.41) is 14.2. The molecule has 1 aliphatic carbocycles. The number of halogens is 3. The summed E-state index contributed by atoms with van der Waals surface area (Å²) < 4.78 is 64.9. The first-order valence-corrected chi connectivity index (χ1v) is 14.7. The topological polar surface area (TPSA) is 113 Å². The van der Waals surface area contributed by atoms with Crippen molar-refractivity contribution in [3.05, 3.63) is 76.4 Å². The highest BCUT2D eigenvalue weighted by Gasteiger charge is 2.30. The third kappa shape index (κ3) is 5.10. The van der Waals surface area contributed by atoms with E-state index < -0.39 is 39.0 Å². The smallest absolute Gasteiger partial charge is 0.262 e. The standard InChI is InChI=1S/C28H25ClF2N4O4S/c29-17-12-20-19(2-6-24(20)36)25(13-17)40(37,38)35-23-5-3-21(30)26(27(23)31)15-1-4-22-16(11-15)14-32-28(34-22)33-18-7-9-39-10-8-18/h1,3-5,11-14,18,24,35-36H,2,6-10H2,(H,32,33,34)/t24-/m1/s1. The van der Waals surface area contributed by atoms with E-state index in [1.165, 1.54) is 18.2 Å². The number of hydrogen-bond acceptors (Lipinski definition) is 7. The number of aromatic nitrogens is 2. The van der Waals surface area contributed by atoms with Crippen LogP contribution in [0.1, 0.15) is 36.5 Å². The van der Waals surface area contributed by atoms with Crippen LogP contribution in [-0.4, -0.2) is 42.7 Å². The second-order valence-electron chi connectivity index (χ2n) is 9.91. The number of aliphatic hydroxyl groups is 1. The minimum atomic E-state index is -4.31. The first-order valence-electron chi connectivity index (χ1n) is 12.8. The number of aliphatic hydroxyl groups excluding tert-OH is 1. The van der Waals surface area contributed by atoms with Gasteiger partial charge in [0.1, 0.15) is 5.82 Å². The second kappa shape index (κ2) is 10.5. The molecule has 12 heteroatoms. The molecule has 0 amide bonds. The van der Waals surface area contributed by atoms with Gasteiger partial charge in [-0.3, -0.25) is 4.72 Å². The van der Waals surface area contributed by atoms with E-state index in [9.17, 15) is 17.9 Å². The fourth-order valence-corrected chi connectivity index (χ4v) is 6.93. The maximum Gasteiger partial charge on any atom is 0.262 e. The molecular weight excluding hydrogens is 562 g/mol. The molecule has 0 radical (unpaired) electrons. The summed E-state index contributed by atoms with van der Waals surface area (Å²) in [5.41, 5.74) is 0.825. The van der Waals surface area contributed by atoms with Crippen LogP contribution in [0.15, 0.2) is 53.6 Å². The molecule has 3 N–H and O–H groups in total. The summed E-state index contributed by atoms with van der Waals surface area (Å²) in [7, 11) is -4.31. The summed E-state index contributed by atoms with van der Waals surface area (Å²) in [6, 6.07) is 9.75. The van der Waals surface area contributed by atoms with E-state index in [1.807, 2.05) is 0 Å². The maximum absolute atomic E-state index is 15.7. The molecule has 1 fully saturated rings. The predicted octanol–water partition coefficient (Wildman–Crippen LogP) is 5.60. The van der Waals surface area contributed by atoms with E-state index in [1.54, 1.807) is 18.3 Å². The molecule has 0 bridgehead atoms. The Morgan fingerprint density at radius 3 is 2.65 bits per heavy atom. The zero-order chi connectivity index (χ0) is 28.0. The van der Waals surface area contributed by atoms with E-state index in [2.05, 4.69) is 20.0 Å². The Kier molecular flexibility index (Phi) is 7.07. The number of fused-ring (bicyclic) bond motifs is 2. The SMILES string of the molecule is O=S(=O)(Nc1ccc(F)c(-c2ccc3nc(NC4CCOCC4)ncc3c2)c1F)c1cc(Cl)cc2c1CC[C@H]2O. The average Bonchev–Trinajstić information content (AvgIpc) is 3.30. The number of hydrogen-bond donors (Lipinski definition) is 3. The molecular formula is C28H25ClF2N4O4S. The monoisotopic (exact) mass is 586 g/mol. The lowest BCUT2D eigenvalue weighted by atomic mass is 10.0. The van der Waals surface area contributed by atoms with E-state index in [0.717, 1.165) is 25.0 Å². The van der Waals surface area contributed by atoms with Gasteiger partial charge in [-0.05, 0) is 78.8 Å². The number of sulfonamides is 1. The van der Waals surface area contributed by atoms with Gasteiger partial charge in [0.2, 0.25) is 5.95 Å². The van der Waals surface area contributed by atoms with Crippen LogP contribution in [0.5, 0.6) is 0 Å². The Hall–Kier alpha value is -3.38. The van der Waals surface area contributed by atoms with E-state index in [0.29, 0.717) is 54.0 Å². The van der Waals surface area contributed by atoms with Crippen molar-refractivity contribution in [3.63, 3.8) is 0 Å². The third-order valence-corrected chi connectivity index (χ3v) is 8.93. The van der Waals surface area contributed by atoms with Crippen LogP contribution in [0.4, 0.5) is 20.4 Å². The second-order valence-corrected chi connectivity index (χ2v) is 12.0. The molecule has 1 saturated heterocycles. The molecule has 0 spiro atoms. The number of benzene rings is 3. The summed E-state index contributed by atoms with van der Waals surface area (Å²) in [4.78, 5) is 8.72. The van der Waals surface area contributed by atoms with E-state index in [4.69, 9.17) is 16.3 Å². The Morgan fingerprint density at radius 1 is 1.05 bits per heavy atom. The quantitative estimate of drug-likeness (QED) is 0.269. The van der Waals surface area contributed by atoms with Gasteiger partial charge in [-0.2, -0.15) is 0 Å². The summed E-state index contributed by atoms with van der Waals surface area (Å²) >= 11 is 6.12. The van der Waals surface area contributed by atoms with Gasteiger partial charge in [0, 0.05) is 35.9 Å². The number of anilines is 2. The molecule has 2 heterocycles. The maximum atomic E-state index is 15.7. The van der Waals surface area contributed by atoms with Gasteiger partial charge < -0.3 is 15.2 Å². The van der Waals surface area contributed by atoms with Crippen LogP contribution in [0.25, 0.3) is 22.0 Å². The lowest BCUT2D eigenvalue weighted by Crippen LogP contribution is -2.28. The average molecular weight is 587 g/mol. The van der Waals surface area contributed by atoms with Gasteiger partial charge in [0.15, 0.2) is 5.82 Å². The molecule has 40 heavy (non-hydrogen) atoms. The van der Waals surface area contributed by atoms with Gasteiger partial charge in [-0.25, -0.2) is 27.2 Å². The highest BCUT2D eigenvalue weighted by atomic mass is 35.5. The predicted molar refractivity (Wildman–Crippen MR) is 148 cm³/mol. The molecule has 6 rings (SSSR count). The minimum absolute atomic E-state index is 0.129. The summed E-state index contributed by atoms with van der Waals surface area (Å²) in [5.74, 6) is -1.47. The Balaban J connectivity index is 1.31. The van der Waals surface area contributed by atoms with Crippen molar-refractivity contribution in [2.75, 3.05) is 23.3 Å². The zero-order valence-corrected chi connectivity index (χ0v) is 22.7. The molecule has 3 aromatic carbocycles. The molecule has 2 aliphatic rings. The van der Waals surface area contributed by atoms with Crippen LogP contribution in [-0.2, 0) is 21.2 Å². The highest BCUT2D eigenvalue weighted by Crippen LogP contribution is 2.39. The van der Waals surface area contributed by atoms with E-state index >= 15 is 4.39 Å². The van der Waals surface area contributed by atoms with Crippen molar-refractivity contribution in [2.45, 2.75) is 42.7 Å². The minimum Gasteiger partial charge on any atom is -0.388 e. The molecule has 0 unspecified atom stereocenters. The van der Waals surface area contributed by atoms with Crippen molar-refractivity contribution in [1.29, 1.82) is 0 Å². The molecule has 0 saturated carbocycles. The van der Waals surface area contributed by atoms with Gasteiger partial charge in [-0.15, -0.1) is 0 Å². The fraction of sp³-hybridized carbons (Fsp3) is 0.286. The number of rotatable bonds is 6. The highest BCUT2D eigenvalue weighted by molar-refractivity contribution is 7.92. The lowest BCUT2D eigenvalue weighted by molar-refractivity contribution is 0.0903. The third-order valence-electron chi connectivity index (χ3n) is 7.28. The molecule has 8 nitrogen and oxygen atoms in total. The van der Waals surface area contributed by atoms with Crippen LogP contribution < -0.4 is 10.0 Å². The summed E-state index contributed by atoms with van der Waals surface area (Å²) in [6.45, 7) is 1.34. The Bertz CT molecular complexity index is 1730. The van der Waals surface area contributed by atoms with Crippen molar-refractivity contribution < 1.29 is 27.0 Å². The first kappa shape index (κ1) is 26.8. The fourth-order valence-electron chi connectivity index (χ4n) is 5.25. The largest absolute Gasteiger partial charge is 0.388 e. The number of ether oxygens (including phenoxy) is 1. The number of nitrogens with zero attached hydrogens (tertiary/aromatic N) is 2. The van der Waals surface area contributed by atoms with Crippen molar-refractivity contribution in [3.8, 4) is 11.1 Å². The van der Waals surface area contributed by atoms with Crippen molar-refractivity contribution >= 4 is 44.2 Å². The zero-order valence-electron chi connectivity index (χ0n) is 21.1. The molecule has 1 aliphatic heterocycles. The van der Waals surface area contributed by atoms with Crippen LogP contribution >= 0.6 is 11.6 Å². The van der Waals surface area contributed by atoms with Gasteiger partial charge in [0.05, 0.1) is 27.8 Å². The Morgan fingerprint density at radius 2 is 1.85 bits per heavy atom. The van der Waals surface area contributed by atoms with Crippen molar-refractivity contribution in [1.82, 2.24) is 9.97 Å². The lowest BCUT2D eigenvalue weighted by Gasteiger charge is -2.23. The molecule has 208 valence electrons. The molecule has 1 atom stereocenters. The first-order chi connectivity index (χ1) is 19.2. The van der Waals surface area contributed by atoms with Crippen LogP contribution in [0.2, 0.25) is 5.02 Å². The van der Waals surface area contributed by atoms with E-state index in [-0.39, 0.29) is 21.5 Å². The Labute approximate surface area is 234 Å². The number of nitrogens with one attached hydrogen (secondary N) is 2. The molecule has 1 aromatic heterocycles. The van der Waals surface area contributed by atoms with Gasteiger partial charge in [-0.1, -0.05) is 17.7 Å². The van der Waals surface area contributed by atoms with Crippen LogP contribution in [0, 0.1) is 11.6 Å². The normalized spacial score (nSPS) is 17.6.